The van der Waals surface area contributed by atoms with Crippen molar-refractivity contribution in [2.45, 2.75) is 13.3 Å². The zero-order valence-corrected chi connectivity index (χ0v) is 14.1. The quantitative estimate of drug-likeness (QED) is 0.495. The Labute approximate surface area is 147 Å². The third kappa shape index (κ3) is 3.72. The number of carboxylic acid groups (broad SMARTS) is 1. The molecule has 0 fully saturated rings. The smallest absolute Gasteiger partial charge is 0.336 e. The van der Waals surface area contributed by atoms with Gasteiger partial charge in [0.25, 0.3) is 0 Å². The van der Waals surface area contributed by atoms with Crippen molar-refractivity contribution in [3.05, 3.63) is 77.9 Å². The molecule has 0 amide bonds. The van der Waals surface area contributed by atoms with E-state index in [2.05, 4.69) is 0 Å². The van der Waals surface area contributed by atoms with E-state index in [1.54, 1.807) is 18.2 Å². The highest BCUT2D eigenvalue weighted by atomic mass is 16.5. The summed E-state index contributed by atoms with van der Waals surface area (Å²) in [7, 11) is 0. The van der Waals surface area contributed by atoms with Gasteiger partial charge in [-0.3, -0.25) is 0 Å². The Morgan fingerprint density at radius 3 is 2.44 bits per heavy atom. The maximum Gasteiger partial charge on any atom is 0.336 e. The second-order valence-corrected chi connectivity index (χ2v) is 5.78. The van der Waals surface area contributed by atoms with Gasteiger partial charge in [0, 0.05) is 5.56 Å². The van der Waals surface area contributed by atoms with E-state index in [4.69, 9.17) is 4.74 Å². The van der Waals surface area contributed by atoms with E-state index in [0.29, 0.717) is 17.9 Å². The summed E-state index contributed by atoms with van der Waals surface area (Å²) in [6.45, 7) is 2.64. The average Bonchev–Trinajstić information content (AvgIpc) is 2.65. The molecule has 0 aromatic heterocycles. The molecular weight excluding hydrogens is 312 g/mol. The van der Waals surface area contributed by atoms with Crippen LogP contribution in [0.25, 0.3) is 22.4 Å². The largest absolute Gasteiger partial charge is 0.493 e. The van der Waals surface area contributed by atoms with Crippen LogP contribution in [-0.2, 0) is 4.79 Å². The van der Waals surface area contributed by atoms with Crippen molar-refractivity contribution >= 4 is 28.4 Å². The predicted molar refractivity (Wildman–Crippen MR) is 102 cm³/mol. The number of hydrogen-bond donors (Lipinski definition) is 1. The first kappa shape index (κ1) is 16.8. The van der Waals surface area contributed by atoms with Crippen LogP contribution < -0.4 is 4.74 Å². The van der Waals surface area contributed by atoms with Crippen LogP contribution in [0, 0.1) is 0 Å². The van der Waals surface area contributed by atoms with Gasteiger partial charge in [-0.2, -0.15) is 0 Å². The molecule has 3 rings (SSSR count). The molecule has 0 radical (unpaired) electrons. The van der Waals surface area contributed by atoms with Crippen LogP contribution in [0.5, 0.6) is 5.75 Å². The van der Waals surface area contributed by atoms with Crippen LogP contribution in [0.15, 0.2) is 66.7 Å². The number of ether oxygens (including phenoxy) is 1. The van der Waals surface area contributed by atoms with Crippen molar-refractivity contribution in [1.29, 1.82) is 0 Å². The fourth-order valence-corrected chi connectivity index (χ4v) is 2.79. The van der Waals surface area contributed by atoms with Gasteiger partial charge in [-0.05, 0) is 34.9 Å². The molecule has 126 valence electrons. The highest BCUT2D eigenvalue weighted by Crippen LogP contribution is 2.32. The number of benzene rings is 3. The van der Waals surface area contributed by atoms with E-state index in [9.17, 15) is 9.90 Å². The van der Waals surface area contributed by atoms with Gasteiger partial charge in [0.15, 0.2) is 0 Å². The summed E-state index contributed by atoms with van der Waals surface area (Å²) in [6.07, 6.45) is 2.60. The van der Waals surface area contributed by atoms with Crippen molar-refractivity contribution < 1.29 is 14.6 Å². The third-order valence-electron chi connectivity index (χ3n) is 4.00. The van der Waals surface area contributed by atoms with Gasteiger partial charge in [0.1, 0.15) is 5.75 Å². The molecule has 3 heteroatoms. The van der Waals surface area contributed by atoms with Crippen molar-refractivity contribution in [2.24, 2.45) is 0 Å². The van der Waals surface area contributed by atoms with E-state index in [1.165, 1.54) is 0 Å². The van der Waals surface area contributed by atoms with Crippen LogP contribution in [0.1, 0.15) is 24.5 Å². The lowest BCUT2D eigenvalue weighted by atomic mass is 9.98. The molecule has 0 aliphatic carbocycles. The van der Waals surface area contributed by atoms with Gasteiger partial charge in [-0.25, -0.2) is 4.79 Å². The summed E-state index contributed by atoms with van der Waals surface area (Å²) in [6, 6.07) is 21.0. The van der Waals surface area contributed by atoms with Gasteiger partial charge in [-0.1, -0.05) is 67.6 Å². The molecule has 0 saturated carbocycles. The van der Waals surface area contributed by atoms with Gasteiger partial charge in [0.2, 0.25) is 0 Å². The summed E-state index contributed by atoms with van der Waals surface area (Å²) < 4.78 is 5.87. The summed E-state index contributed by atoms with van der Waals surface area (Å²) in [5.41, 5.74) is 1.72. The third-order valence-corrected chi connectivity index (χ3v) is 4.00. The maximum absolute atomic E-state index is 11.9. The average molecular weight is 332 g/mol. The first-order valence-electron chi connectivity index (χ1n) is 8.35. The van der Waals surface area contributed by atoms with Gasteiger partial charge < -0.3 is 9.84 Å². The SMILES string of the molecule is CCCOc1ccc2ccccc2c1/C=C(/C(=O)O)c1ccccc1. The van der Waals surface area contributed by atoms with E-state index in [1.807, 2.05) is 61.5 Å². The van der Waals surface area contributed by atoms with E-state index >= 15 is 0 Å². The number of rotatable bonds is 6. The highest BCUT2D eigenvalue weighted by molar-refractivity contribution is 6.21. The van der Waals surface area contributed by atoms with Crippen LogP contribution in [0.3, 0.4) is 0 Å². The fourth-order valence-electron chi connectivity index (χ4n) is 2.79. The Morgan fingerprint density at radius 2 is 1.72 bits per heavy atom. The molecule has 0 saturated heterocycles. The summed E-state index contributed by atoms with van der Waals surface area (Å²) in [4.78, 5) is 11.9. The lowest BCUT2D eigenvalue weighted by molar-refractivity contribution is -0.130. The second-order valence-electron chi connectivity index (χ2n) is 5.78. The number of aliphatic carboxylic acids is 1. The number of fused-ring (bicyclic) bond motifs is 1. The fraction of sp³-hybridized carbons (Fsp3) is 0.136. The van der Waals surface area contributed by atoms with E-state index < -0.39 is 5.97 Å². The maximum atomic E-state index is 11.9. The summed E-state index contributed by atoms with van der Waals surface area (Å²) in [5, 5.41) is 11.7. The number of carboxylic acids is 1. The summed E-state index contributed by atoms with van der Waals surface area (Å²) in [5.74, 6) is -0.254. The standard InChI is InChI=1S/C22H20O3/c1-2-14-25-21-13-12-17-10-6-7-11-18(17)20(21)15-19(22(23)24)16-8-4-3-5-9-16/h3-13,15H,2,14H2,1H3,(H,23,24)/b19-15+. The van der Waals surface area contributed by atoms with E-state index in [0.717, 1.165) is 22.8 Å². The number of hydrogen-bond acceptors (Lipinski definition) is 2. The Bertz CT molecular complexity index is 911. The lowest BCUT2D eigenvalue weighted by Crippen LogP contribution is -2.01. The Balaban J connectivity index is 2.22. The Kier molecular flexibility index (Phi) is 5.14. The van der Waals surface area contributed by atoms with E-state index in [-0.39, 0.29) is 5.57 Å². The summed E-state index contributed by atoms with van der Waals surface area (Å²) >= 11 is 0. The molecule has 1 N–H and O–H groups in total. The zero-order chi connectivity index (χ0) is 17.6. The normalized spacial score (nSPS) is 11.5. The lowest BCUT2D eigenvalue weighted by Gasteiger charge is -2.13. The van der Waals surface area contributed by atoms with Gasteiger partial charge in [0.05, 0.1) is 12.2 Å². The molecule has 3 aromatic rings. The van der Waals surface area contributed by atoms with Crippen LogP contribution in [-0.4, -0.2) is 17.7 Å². The molecule has 0 spiro atoms. The minimum absolute atomic E-state index is 0.248. The minimum Gasteiger partial charge on any atom is -0.493 e. The van der Waals surface area contributed by atoms with Crippen molar-refractivity contribution in [3.63, 3.8) is 0 Å². The van der Waals surface area contributed by atoms with Crippen LogP contribution >= 0.6 is 0 Å². The molecule has 3 nitrogen and oxygen atoms in total. The highest BCUT2D eigenvalue weighted by Gasteiger charge is 2.14. The molecule has 0 aliphatic heterocycles. The Morgan fingerprint density at radius 1 is 1.00 bits per heavy atom. The predicted octanol–water partition coefficient (Wildman–Crippen LogP) is 5.25. The van der Waals surface area contributed by atoms with Gasteiger partial charge in [-0.15, -0.1) is 0 Å². The minimum atomic E-state index is -0.958. The molecule has 0 bridgehead atoms. The second kappa shape index (κ2) is 7.67. The van der Waals surface area contributed by atoms with Crippen molar-refractivity contribution in [2.75, 3.05) is 6.61 Å². The topological polar surface area (TPSA) is 46.5 Å². The van der Waals surface area contributed by atoms with Crippen LogP contribution in [0.2, 0.25) is 0 Å². The molecule has 25 heavy (non-hydrogen) atoms. The van der Waals surface area contributed by atoms with Crippen molar-refractivity contribution in [1.82, 2.24) is 0 Å². The molecule has 3 aromatic carbocycles. The first-order valence-corrected chi connectivity index (χ1v) is 8.35. The molecule has 0 atom stereocenters. The number of carbonyl (C=O) groups is 1. The monoisotopic (exact) mass is 332 g/mol. The molecule has 0 heterocycles. The van der Waals surface area contributed by atoms with Gasteiger partial charge >= 0.3 is 5.97 Å². The Hall–Kier alpha value is -3.07. The first-order chi connectivity index (χ1) is 12.2. The molecule has 0 aliphatic rings. The molecule has 0 unspecified atom stereocenters. The zero-order valence-electron chi connectivity index (χ0n) is 14.1. The van der Waals surface area contributed by atoms with Crippen molar-refractivity contribution in [3.8, 4) is 5.75 Å². The van der Waals surface area contributed by atoms with Crippen LogP contribution in [0.4, 0.5) is 0 Å². The molecular formula is C22H20O3.